The summed E-state index contributed by atoms with van der Waals surface area (Å²) in [5.74, 6) is 0. The Bertz CT molecular complexity index is 284. The minimum Gasteiger partial charge on any atom is -0.394 e. The molecule has 4 nitrogen and oxygen atoms in total. The summed E-state index contributed by atoms with van der Waals surface area (Å²) in [6, 6.07) is 1.18. The van der Waals surface area contributed by atoms with Crippen LogP contribution >= 0.6 is 0 Å². The van der Waals surface area contributed by atoms with Crippen molar-refractivity contribution in [2.24, 2.45) is 0 Å². The lowest BCUT2D eigenvalue weighted by atomic mass is 9.95. The van der Waals surface area contributed by atoms with Crippen molar-refractivity contribution < 1.29 is 5.11 Å². The number of likely N-dealkylation sites (tertiary alicyclic amines) is 1. The first-order chi connectivity index (χ1) is 8.48. The van der Waals surface area contributed by atoms with Gasteiger partial charge >= 0.3 is 0 Å². The normalized spacial score (nSPS) is 36.7. The number of hydrogen-bond donors (Lipinski definition) is 1. The molecule has 0 aliphatic carbocycles. The quantitative estimate of drug-likeness (QED) is 0.794. The van der Waals surface area contributed by atoms with E-state index in [2.05, 4.69) is 42.5 Å². The molecule has 2 saturated heterocycles. The smallest absolute Gasteiger partial charge is 0.0628 e. The molecule has 2 heterocycles. The SMILES string of the molecule is CC1CN(C2(CO)CCN(C(C)C)C2)CCN1C. The van der Waals surface area contributed by atoms with E-state index >= 15 is 0 Å². The fraction of sp³-hybridized carbons (Fsp3) is 1.00. The van der Waals surface area contributed by atoms with E-state index < -0.39 is 0 Å². The third-order valence-corrected chi connectivity index (χ3v) is 5.02. The van der Waals surface area contributed by atoms with Gasteiger partial charge in [-0.2, -0.15) is 0 Å². The maximum Gasteiger partial charge on any atom is 0.0628 e. The number of aliphatic hydroxyl groups is 1. The summed E-state index contributed by atoms with van der Waals surface area (Å²) in [7, 11) is 2.20. The van der Waals surface area contributed by atoms with Crippen molar-refractivity contribution in [1.29, 1.82) is 0 Å². The number of likely N-dealkylation sites (N-methyl/N-ethyl adjacent to an activating group) is 1. The molecule has 2 aliphatic rings. The van der Waals surface area contributed by atoms with Crippen LogP contribution in [0.3, 0.4) is 0 Å². The van der Waals surface area contributed by atoms with E-state index in [1.807, 2.05) is 0 Å². The van der Waals surface area contributed by atoms with E-state index in [1.54, 1.807) is 0 Å². The van der Waals surface area contributed by atoms with Crippen molar-refractivity contribution in [2.75, 3.05) is 46.4 Å². The number of piperazine rings is 1. The van der Waals surface area contributed by atoms with Gasteiger partial charge in [0.2, 0.25) is 0 Å². The molecule has 2 aliphatic heterocycles. The van der Waals surface area contributed by atoms with Gasteiger partial charge in [-0.25, -0.2) is 0 Å². The molecular formula is C14H29N3O. The van der Waals surface area contributed by atoms with Gasteiger partial charge in [-0.15, -0.1) is 0 Å². The largest absolute Gasteiger partial charge is 0.394 e. The summed E-state index contributed by atoms with van der Waals surface area (Å²) in [5.41, 5.74) is 0.0137. The second-order valence-electron chi connectivity index (χ2n) is 6.47. The van der Waals surface area contributed by atoms with Crippen LogP contribution in [0.1, 0.15) is 27.2 Å². The fourth-order valence-corrected chi connectivity index (χ4v) is 3.30. The molecule has 0 aromatic rings. The highest BCUT2D eigenvalue weighted by molar-refractivity contribution is 5.01. The molecule has 0 saturated carbocycles. The predicted octanol–water partition coefficient (Wildman–Crippen LogP) is 0.468. The van der Waals surface area contributed by atoms with Crippen LogP contribution in [0.2, 0.25) is 0 Å². The Labute approximate surface area is 112 Å². The zero-order chi connectivity index (χ0) is 13.3. The highest BCUT2D eigenvalue weighted by Crippen LogP contribution is 2.30. The van der Waals surface area contributed by atoms with Crippen molar-refractivity contribution >= 4 is 0 Å². The third-order valence-electron chi connectivity index (χ3n) is 5.02. The molecular weight excluding hydrogens is 226 g/mol. The van der Waals surface area contributed by atoms with Crippen LogP contribution in [-0.4, -0.2) is 83.8 Å². The Hall–Kier alpha value is -0.160. The lowest BCUT2D eigenvalue weighted by Crippen LogP contribution is -2.62. The molecule has 2 atom stereocenters. The van der Waals surface area contributed by atoms with Gasteiger partial charge in [0.15, 0.2) is 0 Å². The molecule has 2 unspecified atom stereocenters. The van der Waals surface area contributed by atoms with Gasteiger partial charge in [0.25, 0.3) is 0 Å². The Morgan fingerprint density at radius 2 is 2.00 bits per heavy atom. The number of nitrogens with zero attached hydrogens (tertiary/aromatic N) is 3. The molecule has 0 bridgehead atoms. The zero-order valence-corrected chi connectivity index (χ0v) is 12.4. The Balaban J connectivity index is 2.05. The van der Waals surface area contributed by atoms with Gasteiger partial charge < -0.3 is 10.0 Å². The van der Waals surface area contributed by atoms with Gasteiger partial charge in [-0.05, 0) is 34.2 Å². The second-order valence-corrected chi connectivity index (χ2v) is 6.47. The highest BCUT2D eigenvalue weighted by Gasteiger charge is 2.44. The van der Waals surface area contributed by atoms with E-state index in [9.17, 15) is 5.11 Å². The molecule has 0 aromatic heterocycles. The van der Waals surface area contributed by atoms with Crippen LogP contribution in [-0.2, 0) is 0 Å². The molecule has 0 aromatic carbocycles. The number of aliphatic hydroxyl groups excluding tert-OH is 1. The van der Waals surface area contributed by atoms with Crippen molar-refractivity contribution in [3.63, 3.8) is 0 Å². The van der Waals surface area contributed by atoms with E-state index in [0.29, 0.717) is 18.7 Å². The summed E-state index contributed by atoms with van der Waals surface area (Å²) >= 11 is 0. The molecule has 1 N–H and O–H groups in total. The second kappa shape index (κ2) is 5.45. The monoisotopic (exact) mass is 255 g/mol. The Kier molecular flexibility index (Phi) is 4.32. The fourth-order valence-electron chi connectivity index (χ4n) is 3.30. The van der Waals surface area contributed by atoms with E-state index in [0.717, 1.165) is 39.1 Å². The van der Waals surface area contributed by atoms with Crippen molar-refractivity contribution in [2.45, 2.75) is 44.8 Å². The summed E-state index contributed by atoms with van der Waals surface area (Å²) < 4.78 is 0. The average molecular weight is 255 g/mol. The van der Waals surface area contributed by atoms with Crippen LogP contribution in [0.4, 0.5) is 0 Å². The standard InChI is InChI=1S/C14H29N3O/c1-12(2)16-6-5-14(10-16,11-18)17-8-7-15(4)13(3)9-17/h12-13,18H,5-11H2,1-4H3. The first-order valence-electron chi connectivity index (χ1n) is 7.29. The molecule has 2 rings (SSSR count). The van der Waals surface area contributed by atoms with Gasteiger partial charge in [0, 0.05) is 44.8 Å². The van der Waals surface area contributed by atoms with Crippen LogP contribution in [0.25, 0.3) is 0 Å². The molecule has 2 fully saturated rings. The maximum absolute atomic E-state index is 9.94. The third kappa shape index (κ3) is 2.57. The summed E-state index contributed by atoms with van der Waals surface area (Å²) in [5, 5.41) is 9.94. The van der Waals surface area contributed by atoms with Gasteiger partial charge in [-0.1, -0.05) is 0 Å². The minimum absolute atomic E-state index is 0.0137. The Morgan fingerprint density at radius 3 is 2.50 bits per heavy atom. The van der Waals surface area contributed by atoms with Gasteiger partial charge in [0.05, 0.1) is 12.1 Å². The Morgan fingerprint density at radius 1 is 1.28 bits per heavy atom. The topological polar surface area (TPSA) is 30.0 Å². The van der Waals surface area contributed by atoms with Crippen LogP contribution in [0, 0.1) is 0 Å². The van der Waals surface area contributed by atoms with E-state index in [-0.39, 0.29) is 5.54 Å². The lowest BCUT2D eigenvalue weighted by Gasteiger charge is -2.47. The average Bonchev–Trinajstić information content (AvgIpc) is 2.78. The lowest BCUT2D eigenvalue weighted by molar-refractivity contribution is -0.0139. The van der Waals surface area contributed by atoms with Crippen LogP contribution < -0.4 is 0 Å². The van der Waals surface area contributed by atoms with Crippen LogP contribution in [0.5, 0.6) is 0 Å². The zero-order valence-electron chi connectivity index (χ0n) is 12.4. The molecule has 106 valence electrons. The van der Waals surface area contributed by atoms with E-state index in [1.165, 1.54) is 0 Å². The van der Waals surface area contributed by atoms with Crippen molar-refractivity contribution in [1.82, 2.24) is 14.7 Å². The molecule has 0 radical (unpaired) electrons. The molecule has 0 amide bonds. The maximum atomic E-state index is 9.94. The van der Waals surface area contributed by atoms with Gasteiger partial charge in [-0.3, -0.25) is 9.80 Å². The number of hydrogen-bond acceptors (Lipinski definition) is 4. The first-order valence-corrected chi connectivity index (χ1v) is 7.29. The minimum atomic E-state index is 0.0137. The molecule has 4 heteroatoms. The predicted molar refractivity (Wildman–Crippen MR) is 74.8 cm³/mol. The van der Waals surface area contributed by atoms with Crippen LogP contribution in [0.15, 0.2) is 0 Å². The number of rotatable bonds is 3. The molecule has 0 spiro atoms. The summed E-state index contributed by atoms with van der Waals surface area (Å²) in [6.45, 7) is 12.5. The van der Waals surface area contributed by atoms with Gasteiger partial charge in [0.1, 0.15) is 0 Å². The van der Waals surface area contributed by atoms with Crippen molar-refractivity contribution in [3.8, 4) is 0 Å². The highest BCUT2D eigenvalue weighted by atomic mass is 16.3. The molecule has 18 heavy (non-hydrogen) atoms. The summed E-state index contributed by atoms with van der Waals surface area (Å²) in [4.78, 5) is 7.45. The summed E-state index contributed by atoms with van der Waals surface area (Å²) in [6.07, 6.45) is 1.11. The van der Waals surface area contributed by atoms with Crippen molar-refractivity contribution in [3.05, 3.63) is 0 Å². The first kappa shape index (κ1) is 14.3. The van der Waals surface area contributed by atoms with E-state index in [4.69, 9.17) is 0 Å².